The van der Waals surface area contributed by atoms with Gasteiger partial charge in [-0.3, -0.25) is 0 Å². The minimum Gasteiger partial charge on any atom is -0.507 e. The molecule has 3 saturated carbocycles. The molecule has 3 fully saturated rings. The lowest BCUT2D eigenvalue weighted by Gasteiger charge is -2.43. The zero-order chi connectivity index (χ0) is 17.9. The predicted molar refractivity (Wildman–Crippen MR) is 108 cm³/mol. The highest BCUT2D eigenvalue weighted by Gasteiger charge is 2.59. The zero-order valence-corrected chi connectivity index (χ0v) is 16.4. The lowest BCUT2D eigenvalue weighted by molar-refractivity contribution is 0.134. The van der Waals surface area contributed by atoms with Crippen molar-refractivity contribution < 1.29 is 5.11 Å². The Balaban J connectivity index is 1.65. The molecule has 2 aromatic rings. The van der Waals surface area contributed by atoms with Crippen LogP contribution in [0.2, 0.25) is 10.0 Å². The van der Waals surface area contributed by atoms with E-state index in [9.17, 15) is 5.11 Å². The number of hydrogen-bond donors (Lipinski definition) is 1. The van der Waals surface area contributed by atoms with Crippen molar-refractivity contribution in [3.05, 3.63) is 52.0 Å². The number of benzene rings is 2. The molecule has 0 heterocycles. The second-order valence-corrected chi connectivity index (χ2v) is 9.44. The summed E-state index contributed by atoms with van der Waals surface area (Å²) in [4.78, 5) is 0. The van der Waals surface area contributed by atoms with Crippen molar-refractivity contribution in [2.24, 2.45) is 17.8 Å². The summed E-state index contributed by atoms with van der Waals surface area (Å²) in [5.74, 6) is 2.86. The Hall–Kier alpha value is -1.18. The maximum absolute atomic E-state index is 11.3. The molecule has 0 radical (unpaired) electrons. The summed E-state index contributed by atoms with van der Waals surface area (Å²) in [5, 5.41) is 12.7. The van der Waals surface area contributed by atoms with E-state index in [2.05, 4.69) is 6.07 Å². The molecule has 0 saturated heterocycles. The molecule has 1 nitrogen and oxygen atoms in total. The third-order valence-corrected chi connectivity index (χ3v) is 7.96. The van der Waals surface area contributed by atoms with Crippen LogP contribution in [-0.2, 0) is 5.41 Å². The number of phenols is 1. The summed E-state index contributed by atoms with van der Waals surface area (Å²) in [6, 6.07) is 11.6. The molecule has 3 aliphatic carbocycles. The van der Waals surface area contributed by atoms with Gasteiger partial charge in [0.25, 0.3) is 0 Å². The number of aromatic hydroxyl groups is 1. The standard InChI is InChI=1S/C23H24Cl2O/c24-16-7-5-14(6-8-16)19-11-17(25)12-21(22(19)26)23-10-9-15(13-23)18-3-1-2-4-20(18)23/h5-8,11-12,15,18,20,26H,1-4,9-10,13H2. The normalized spacial score (nSPS) is 32.6. The van der Waals surface area contributed by atoms with Gasteiger partial charge in [0.1, 0.15) is 5.75 Å². The van der Waals surface area contributed by atoms with E-state index in [1.165, 1.54) is 44.9 Å². The molecule has 2 aromatic carbocycles. The second-order valence-electron chi connectivity index (χ2n) is 8.57. The summed E-state index contributed by atoms with van der Waals surface area (Å²) < 4.78 is 0. The number of rotatable bonds is 2. The van der Waals surface area contributed by atoms with Crippen LogP contribution in [0.4, 0.5) is 0 Å². The van der Waals surface area contributed by atoms with Crippen LogP contribution in [0.1, 0.15) is 50.5 Å². The van der Waals surface area contributed by atoms with Gasteiger partial charge in [0.05, 0.1) is 0 Å². The minimum atomic E-state index is 0.131. The molecule has 4 atom stereocenters. The Bertz CT molecular complexity index is 844. The first kappa shape index (κ1) is 17.0. The van der Waals surface area contributed by atoms with Crippen LogP contribution in [0.5, 0.6) is 5.75 Å². The van der Waals surface area contributed by atoms with E-state index < -0.39 is 0 Å². The zero-order valence-electron chi connectivity index (χ0n) is 14.8. The highest BCUT2D eigenvalue weighted by molar-refractivity contribution is 6.31. The molecule has 4 unspecified atom stereocenters. The molecular weight excluding hydrogens is 363 g/mol. The van der Waals surface area contributed by atoms with Gasteiger partial charge >= 0.3 is 0 Å². The first-order chi connectivity index (χ1) is 12.6. The Morgan fingerprint density at radius 2 is 1.69 bits per heavy atom. The van der Waals surface area contributed by atoms with E-state index in [0.717, 1.165) is 39.5 Å². The van der Waals surface area contributed by atoms with E-state index in [1.807, 2.05) is 30.3 Å². The molecule has 2 bridgehead atoms. The van der Waals surface area contributed by atoms with E-state index >= 15 is 0 Å². The van der Waals surface area contributed by atoms with Gasteiger partial charge in [-0.15, -0.1) is 0 Å². The lowest BCUT2D eigenvalue weighted by atomic mass is 9.61. The fourth-order valence-corrected chi connectivity index (χ4v) is 6.84. The summed E-state index contributed by atoms with van der Waals surface area (Å²) in [7, 11) is 0. The summed E-state index contributed by atoms with van der Waals surface area (Å²) in [5.41, 5.74) is 3.04. The van der Waals surface area contributed by atoms with Crippen LogP contribution < -0.4 is 0 Å². The maximum atomic E-state index is 11.3. The molecule has 0 spiro atoms. The average molecular weight is 387 g/mol. The van der Waals surface area contributed by atoms with Gasteiger partial charge in [0.15, 0.2) is 0 Å². The van der Waals surface area contributed by atoms with Crippen LogP contribution >= 0.6 is 23.2 Å². The molecule has 0 aromatic heterocycles. The van der Waals surface area contributed by atoms with Gasteiger partial charge in [-0.05, 0) is 79.7 Å². The van der Waals surface area contributed by atoms with Gasteiger partial charge in [0, 0.05) is 26.6 Å². The molecule has 5 rings (SSSR count). The van der Waals surface area contributed by atoms with Crippen molar-refractivity contribution in [1.29, 1.82) is 0 Å². The fourth-order valence-electron chi connectivity index (χ4n) is 6.50. The topological polar surface area (TPSA) is 20.2 Å². The Kier molecular flexibility index (Phi) is 4.03. The van der Waals surface area contributed by atoms with Crippen molar-refractivity contribution in [2.75, 3.05) is 0 Å². The predicted octanol–water partition coefficient (Wildman–Crippen LogP) is 7.22. The van der Waals surface area contributed by atoms with E-state index in [1.54, 1.807) is 0 Å². The van der Waals surface area contributed by atoms with Crippen molar-refractivity contribution in [1.82, 2.24) is 0 Å². The first-order valence-corrected chi connectivity index (χ1v) is 10.6. The van der Waals surface area contributed by atoms with E-state index in [4.69, 9.17) is 23.2 Å². The Labute approximate surface area is 165 Å². The van der Waals surface area contributed by atoms with E-state index in [-0.39, 0.29) is 5.41 Å². The molecule has 3 aliphatic rings. The minimum absolute atomic E-state index is 0.131. The molecule has 0 aliphatic heterocycles. The van der Waals surface area contributed by atoms with Gasteiger partial charge in [-0.25, -0.2) is 0 Å². The Morgan fingerprint density at radius 3 is 2.50 bits per heavy atom. The number of fused-ring (bicyclic) bond motifs is 5. The van der Waals surface area contributed by atoms with Crippen molar-refractivity contribution in [3.63, 3.8) is 0 Å². The van der Waals surface area contributed by atoms with Crippen molar-refractivity contribution >= 4 is 23.2 Å². The number of phenolic OH excluding ortho intramolecular Hbond substituents is 1. The third kappa shape index (κ3) is 2.43. The molecule has 3 heteroatoms. The van der Waals surface area contributed by atoms with Crippen molar-refractivity contribution in [2.45, 2.75) is 50.4 Å². The average Bonchev–Trinajstić information content (AvgIpc) is 3.23. The first-order valence-electron chi connectivity index (χ1n) is 9.87. The SMILES string of the molecule is Oc1c(-c2ccc(Cl)cc2)cc(Cl)cc1C12CCC(C1)C1CCCCC12. The molecule has 1 N–H and O–H groups in total. The van der Waals surface area contributed by atoms with Crippen LogP contribution in [0, 0.1) is 17.8 Å². The maximum Gasteiger partial charge on any atom is 0.127 e. The van der Waals surface area contributed by atoms with Crippen LogP contribution in [0.3, 0.4) is 0 Å². The molecule has 136 valence electrons. The van der Waals surface area contributed by atoms with Crippen LogP contribution in [0.25, 0.3) is 11.1 Å². The monoisotopic (exact) mass is 386 g/mol. The van der Waals surface area contributed by atoms with Crippen molar-refractivity contribution in [3.8, 4) is 16.9 Å². The smallest absolute Gasteiger partial charge is 0.127 e. The highest BCUT2D eigenvalue weighted by atomic mass is 35.5. The van der Waals surface area contributed by atoms with Gasteiger partial charge in [-0.2, -0.15) is 0 Å². The Morgan fingerprint density at radius 1 is 0.923 bits per heavy atom. The fraction of sp³-hybridized carbons (Fsp3) is 0.478. The molecular formula is C23H24Cl2O. The van der Waals surface area contributed by atoms with Crippen LogP contribution in [-0.4, -0.2) is 5.11 Å². The van der Waals surface area contributed by atoms with E-state index in [0.29, 0.717) is 10.8 Å². The second kappa shape index (κ2) is 6.17. The highest BCUT2D eigenvalue weighted by Crippen LogP contribution is 2.66. The van der Waals surface area contributed by atoms with Crippen LogP contribution in [0.15, 0.2) is 36.4 Å². The lowest BCUT2D eigenvalue weighted by Crippen LogP contribution is -2.36. The summed E-state index contributed by atoms with van der Waals surface area (Å²) in [6.07, 6.45) is 9.14. The third-order valence-electron chi connectivity index (χ3n) is 7.49. The summed E-state index contributed by atoms with van der Waals surface area (Å²) >= 11 is 12.6. The largest absolute Gasteiger partial charge is 0.507 e. The molecule has 0 amide bonds. The van der Waals surface area contributed by atoms with Gasteiger partial charge < -0.3 is 5.11 Å². The summed E-state index contributed by atoms with van der Waals surface area (Å²) in [6.45, 7) is 0. The number of halogens is 2. The molecule has 26 heavy (non-hydrogen) atoms. The van der Waals surface area contributed by atoms with Gasteiger partial charge in [-0.1, -0.05) is 48.2 Å². The number of hydrogen-bond acceptors (Lipinski definition) is 1. The van der Waals surface area contributed by atoms with Gasteiger partial charge in [0.2, 0.25) is 0 Å². The quantitative estimate of drug-likeness (QED) is 0.577.